The van der Waals surface area contributed by atoms with Crippen LogP contribution in [-0.2, 0) is 13.1 Å². The van der Waals surface area contributed by atoms with Crippen molar-refractivity contribution in [2.45, 2.75) is 26.4 Å². The number of halogens is 3. The average Bonchev–Trinajstić information content (AvgIpc) is 2.88. The van der Waals surface area contributed by atoms with E-state index in [2.05, 4.69) is 15.0 Å². The highest BCUT2D eigenvalue weighted by molar-refractivity contribution is 7.10. The third kappa shape index (κ3) is 5.82. The predicted molar refractivity (Wildman–Crippen MR) is 84.3 cm³/mol. The van der Waals surface area contributed by atoms with Crippen molar-refractivity contribution in [2.75, 3.05) is 0 Å². The van der Waals surface area contributed by atoms with Gasteiger partial charge in [0, 0.05) is 4.88 Å². The van der Waals surface area contributed by atoms with E-state index < -0.39 is 6.36 Å². The molecule has 0 aliphatic rings. The maximum Gasteiger partial charge on any atom is 0.573 e. The number of alkyl halides is 3. The van der Waals surface area contributed by atoms with Crippen LogP contribution in [-0.4, -0.2) is 12.3 Å². The Bertz CT molecular complexity index is 665. The van der Waals surface area contributed by atoms with Crippen molar-refractivity contribution in [1.29, 1.82) is 0 Å². The van der Waals surface area contributed by atoms with Crippen LogP contribution in [0.15, 0.2) is 40.7 Å². The summed E-state index contributed by atoms with van der Waals surface area (Å²) in [5.41, 5.74) is 7.69. The number of nitrogens with two attached hydrogens (primary N) is 1. The number of hydrogen-bond acceptors (Lipinski definition) is 3. The first-order valence-corrected chi connectivity index (χ1v) is 7.63. The number of benzene rings is 1. The fourth-order valence-electron chi connectivity index (χ4n) is 1.78. The van der Waals surface area contributed by atoms with Crippen LogP contribution in [0.4, 0.5) is 13.2 Å². The summed E-state index contributed by atoms with van der Waals surface area (Å²) < 4.78 is 40.0. The Morgan fingerprint density at radius 3 is 2.52 bits per heavy atom. The minimum Gasteiger partial charge on any atom is -0.406 e. The molecule has 0 unspecified atom stereocenters. The van der Waals surface area contributed by atoms with Crippen LogP contribution in [0, 0.1) is 6.92 Å². The quantitative estimate of drug-likeness (QED) is 0.645. The normalized spacial score (nSPS) is 12.3. The third-order valence-corrected chi connectivity index (χ3v) is 4.01. The molecule has 0 atom stereocenters. The van der Waals surface area contributed by atoms with Crippen LogP contribution in [0.1, 0.15) is 16.0 Å². The lowest BCUT2D eigenvalue weighted by Gasteiger charge is -2.09. The monoisotopic (exact) mass is 343 g/mol. The van der Waals surface area contributed by atoms with Gasteiger partial charge in [-0.3, -0.25) is 0 Å². The van der Waals surface area contributed by atoms with Gasteiger partial charge in [0.1, 0.15) is 5.75 Å². The molecule has 1 aromatic carbocycles. The number of aryl methyl sites for hydroxylation is 1. The molecular formula is C15H16F3N3OS. The van der Waals surface area contributed by atoms with Crippen LogP contribution < -0.4 is 15.8 Å². The second-order valence-corrected chi connectivity index (χ2v) is 5.77. The van der Waals surface area contributed by atoms with Crippen LogP contribution in [0.25, 0.3) is 0 Å². The summed E-state index contributed by atoms with van der Waals surface area (Å²) in [4.78, 5) is 5.33. The Hall–Kier alpha value is -2.22. The maximum absolute atomic E-state index is 12.1. The van der Waals surface area contributed by atoms with Crippen LogP contribution in [0.2, 0.25) is 0 Å². The minimum absolute atomic E-state index is 0.260. The summed E-state index contributed by atoms with van der Waals surface area (Å²) in [5.74, 6) is 0.0258. The fourth-order valence-corrected chi connectivity index (χ4v) is 2.63. The Morgan fingerprint density at radius 2 is 1.96 bits per heavy atom. The van der Waals surface area contributed by atoms with E-state index in [9.17, 15) is 13.2 Å². The molecular weight excluding hydrogens is 327 g/mol. The standard InChI is InChI=1S/C15H16F3N3OS/c1-10-6-7-23-13(10)9-21-14(19)20-8-11-2-4-12(5-3-11)22-15(16,17)18/h2-7H,8-9H2,1H3,(H3,19,20,21). The van der Waals surface area contributed by atoms with Gasteiger partial charge in [-0.25, -0.2) is 4.99 Å². The van der Waals surface area contributed by atoms with Crippen molar-refractivity contribution in [1.82, 2.24) is 5.32 Å². The summed E-state index contributed by atoms with van der Waals surface area (Å²) in [6.45, 7) is 2.89. The number of ether oxygens (including phenoxy) is 1. The smallest absolute Gasteiger partial charge is 0.406 e. The Morgan fingerprint density at radius 1 is 1.26 bits per heavy atom. The lowest BCUT2D eigenvalue weighted by atomic mass is 10.2. The fraction of sp³-hybridized carbons (Fsp3) is 0.267. The largest absolute Gasteiger partial charge is 0.573 e. The molecule has 0 spiro atoms. The number of nitrogens with zero attached hydrogens (tertiary/aromatic N) is 1. The van der Waals surface area contributed by atoms with Gasteiger partial charge in [0.2, 0.25) is 0 Å². The predicted octanol–water partition coefficient (Wildman–Crippen LogP) is 3.56. The minimum atomic E-state index is -4.69. The van der Waals surface area contributed by atoms with Crippen molar-refractivity contribution in [3.05, 3.63) is 51.7 Å². The molecule has 4 nitrogen and oxygen atoms in total. The average molecular weight is 343 g/mol. The van der Waals surface area contributed by atoms with Gasteiger partial charge in [-0.05, 0) is 41.6 Å². The second-order valence-electron chi connectivity index (χ2n) is 4.77. The Kier molecular flexibility index (Phi) is 5.49. The van der Waals surface area contributed by atoms with Crippen molar-refractivity contribution in [3.8, 4) is 5.75 Å². The molecule has 0 aliphatic heterocycles. The van der Waals surface area contributed by atoms with Gasteiger partial charge in [0.15, 0.2) is 5.96 Å². The molecule has 8 heteroatoms. The van der Waals surface area contributed by atoms with Gasteiger partial charge < -0.3 is 15.8 Å². The van der Waals surface area contributed by atoms with E-state index in [0.717, 1.165) is 5.56 Å². The zero-order valence-electron chi connectivity index (χ0n) is 12.4. The van der Waals surface area contributed by atoms with E-state index >= 15 is 0 Å². The SMILES string of the molecule is Cc1ccsc1CNC(N)=NCc1ccc(OC(F)(F)F)cc1. The molecule has 1 heterocycles. The topological polar surface area (TPSA) is 59.6 Å². The molecule has 0 saturated heterocycles. The van der Waals surface area contributed by atoms with E-state index in [-0.39, 0.29) is 18.3 Å². The lowest BCUT2D eigenvalue weighted by molar-refractivity contribution is -0.274. The van der Waals surface area contributed by atoms with Crippen LogP contribution >= 0.6 is 11.3 Å². The summed E-state index contributed by atoms with van der Waals surface area (Å²) in [6.07, 6.45) is -4.69. The third-order valence-electron chi connectivity index (χ3n) is 2.99. The highest BCUT2D eigenvalue weighted by atomic mass is 32.1. The van der Waals surface area contributed by atoms with Gasteiger partial charge in [-0.2, -0.15) is 0 Å². The number of aliphatic imine (C=N–C) groups is 1. The van der Waals surface area contributed by atoms with Crippen LogP contribution in [0.3, 0.4) is 0 Å². The van der Waals surface area contributed by atoms with Gasteiger partial charge in [-0.15, -0.1) is 24.5 Å². The van der Waals surface area contributed by atoms with Gasteiger partial charge >= 0.3 is 6.36 Å². The van der Waals surface area contributed by atoms with Crippen molar-refractivity contribution in [3.63, 3.8) is 0 Å². The van der Waals surface area contributed by atoms with Crippen molar-refractivity contribution in [2.24, 2.45) is 10.7 Å². The molecule has 0 aliphatic carbocycles. The van der Waals surface area contributed by atoms with E-state index in [4.69, 9.17) is 5.73 Å². The molecule has 0 fully saturated rings. The number of hydrogen-bond donors (Lipinski definition) is 2. The van der Waals surface area contributed by atoms with Gasteiger partial charge in [0.25, 0.3) is 0 Å². The molecule has 0 amide bonds. The van der Waals surface area contributed by atoms with E-state index in [1.165, 1.54) is 34.7 Å². The van der Waals surface area contributed by atoms with E-state index in [1.54, 1.807) is 11.3 Å². The molecule has 0 bridgehead atoms. The summed E-state index contributed by atoms with van der Waals surface area (Å²) in [7, 11) is 0. The molecule has 2 rings (SSSR count). The summed E-state index contributed by atoms with van der Waals surface area (Å²) in [5, 5.41) is 5.01. The molecule has 0 saturated carbocycles. The Labute approximate surface area is 135 Å². The van der Waals surface area contributed by atoms with Gasteiger partial charge in [0.05, 0.1) is 13.1 Å². The molecule has 2 aromatic rings. The zero-order valence-corrected chi connectivity index (χ0v) is 13.2. The Balaban J connectivity index is 1.85. The summed E-state index contributed by atoms with van der Waals surface area (Å²) in [6, 6.07) is 7.55. The summed E-state index contributed by atoms with van der Waals surface area (Å²) >= 11 is 1.63. The first-order chi connectivity index (χ1) is 10.8. The number of rotatable bonds is 5. The van der Waals surface area contributed by atoms with Crippen molar-refractivity contribution >= 4 is 17.3 Å². The van der Waals surface area contributed by atoms with Gasteiger partial charge in [-0.1, -0.05) is 12.1 Å². The maximum atomic E-state index is 12.1. The highest BCUT2D eigenvalue weighted by Gasteiger charge is 2.30. The molecule has 3 N–H and O–H groups in total. The molecule has 124 valence electrons. The molecule has 23 heavy (non-hydrogen) atoms. The highest BCUT2D eigenvalue weighted by Crippen LogP contribution is 2.22. The molecule has 0 radical (unpaired) electrons. The van der Waals surface area contributed by atoms with E-state index in [1.807, 2.05) is 18.4 Å². The molecule has 1 aromatic heterocycles. The van der Waals surface area contributed by atoms with E-state index in [0.29, 0.717) is 6.54 Å². The second kappa shape index (κ2) is 7.36. The number of nitrogens with one attached hydrogen (secondary N) is 1. The first kappa shape index (κ1) is 17.1. The van der Waals surface area contributed by atoms with Crippen LogP contribution in [0.5, 0.6) is 5.75 Å². The van der Waals surface area contributed by atoms with Crippen molar-refractivity contribution < 1.29 is 17.9 Å². The number of thiophene rings is 1. The lowest BCUT2D eigenvalue weighted by Crippen LogP contribution is -2.31. The first-order valence-electron chi connectivity index (χ1n) is 6.75. The number of guanidine groups is 1. The zero-order chi connectivity index (χ0) is 16.9.